The second kappa shape index (κ2) is 4.86. The Morgan fingerprint density at radius 1 is 1.43 bits per heavy atom. The molecule has 1 rings (SSSR count). The Hall–Kier alpha value is 0.260. The van der Waals surface area contributed by atoms with E-state index in [1.807, 2.05) is 11.8 Å². The van der Waals surface area contributed by atoms with Gasteiger partial charge >= 0.3 is 0 Å². The van der Waals surface area contributed by atoms with Crippen molar-refractivity contribution in [2.45, 2.75) is 37.2 Å². The molecule has 14 heavy (non-hydrogen) atoms. The molecular weight excluding hydrogens is 218 g/mol. The summed E-state index contributed by atoms with van der Waals surface area (Å²) >= 11 is 1.89. The highest BCUT2D eigenvalue weighted by Crippen LogP contribution is 2.26. The molecule has 0 amide bonds. The molecule has 1 heterocycles. The predicted octanol–water partition coefficient (Wildman–Crippen LogP) is 1.55. The largest absolute Gasteiger partial charge is 0.213 e. The van der Waals surface area contributed by atoms with Crippen LogP contribution in [0.1, 0.15) is 26.7 Å². The molecule has 0 aromatic carbocycles. The van der Waals surface area contributed by atoms with Crippen LogP contribution in [0.2, 0.25) is 0 Å². The van der Waals surface area contributed by atoms with E-state index < -0.39 is 10.0 Å². The molecule has 1 aliphatic heterocycles. The SMILES string of the molecule is CC(C)SC1CCCN(S(C)(=O)=O)C1. The first kappa shape index (κ1) is 12.3. The number of piperidine rings is 1. The molecule has 0 aromatic heterocycles. The zero-order chi connectivity index (χ0) is 10.8. The normalized spacial score (nSPS) is 25.6. The lowest BCUT2D eigenvalue weighted by molar-refractivity contribution is 0.355. The number of rotatable bonds is 3. The lowest BCUT2D eigenvalue weighted by Gasteiger charge is -2.31. The van der Waals surface area contributed by atoms with Crippen LogP contribution in [0.25, 0.3) is 0 Å². The molecule has 1 fully saturated rings. The summed E-state index contributed by atoms with van der Waals surface area (Å²) in [6.07, 6.45) is 3.45. The fourth-order valence-corrected chi connectivity index (χ4v) is 4.05. The average Bonchev–Trinajstić information content (AvgIpc) is 2.01. The van der Waals surface area contributed by atoms with Gasteiger partial charge in [0.15, 0.2) is 0 Å². The van der Waals surface area contributed by atoms with Gasteiger partial charge in [0.2, 0.25) is 10.0 Å². The number of sulfonamides is 1. The van der Waals surface area contributed by atoms with Crippen molar-refractivity contribution in [3.63, 3.8) is 0 Å². The molecule has 5 heteroatoms. The zero-order valence-corrected chi connectivity index (χ0v) is 10.7. The maximum atomic E-state index is 11.3. The second-order valence-corrected chi connectivity index (χ2v) is 7.93. The molecule has 0 aromatic rings. The van der Waals surface area contributed by atoms with E-state index in [0.29, 0.717) is 23.6 Å². The molecule has 0 spiro atoms. The maximum absolute atomic E-state index is 11.3. The fourth-order valence-electron chi connectivity index (χ4n) is 1.70. The minimum absolute atomic E-state index is 0.485. The molecule has 1 aliphatic rings. The standard InChI is InChI=1S/C9H19NO2S2/c1-8(2)13-9-5-4-6-10(7-9)14(3,11)12/h8-9H,4-7H2,1-3H3. The first-order valence-corrected chi connectivity index (χ1v) is 7.79. The van der Waals surface area contributed by atoms with Crippen molar-refractivity contribution in [2.24, 2.45) is 0 Å². The van der Waals surface area contributed by atoms with Crippen molar-refractivity contribution in [1.29, 1.82) is 0 Å². The highest BCUT2D eigenvalue weighted by molar-refractivity contribution is 8.00. The molecule has 0 bridgehead atoms. The van der Waals surface area contributed by atoms with Gasteiger partial charge in [-0.2, -0.15) is 11.8 Å². The van der Waals surface area contributed by atoms with Gasteiger partial charge in [0, 0.05) is 18.3 Å². The summed E-state index contributed by atoms with van der Waals surface area (Å²) in [4.78, 5) is 0. The molecule has 0 aliphatic carbocycles. The summed E-state index contributed by atoms with van der Waals surface area (Å²) in [6, 6.07) is 0. The van der Waals surface area contributed by atoms with Crippen LogP contribution in [0, 0.1) is 0 Å². The number of hydrogen-bond donors (Lipinski definition) is 0. The van der Waals surface area contributed by atoms with Gasteiger partial charge in [0.05, 0.1) is 6.26 Å². The van der Waals surface area contributed by atoms with Crippen molar-refractivity contribution in [2.75, 3.05) is 19.3 Å². The van der Waals surface area contributed by atoms with Crippen molar-refractivity contribution < 1.29 is 8.42 Å². The molecule has 0 radical (unpaired) electrons. The summed E-state index contributed by atoms with van der Waals surface area (Å²) in [5.41, 5.74) is 0. The minimum Gasteiger partial charge on any atom is -0.213 e. The molecule has 0 saturated carbocycles. The average molecular weight is 237 g/mol. The van der Waals surface area contributed by atoms with Gasteiger partial charge in [-0.25, -0.2) is 12.7 Å². The van der Waals surface area contributed by atoms with Gasteiger partial charge in [-0.3, -0.25) is 0 Å². The van der Waals surface area contributed by atoms with Gasteiger partial charge in [0.25, 0.3) is 0 Å². The number of hydrogen-bond acceptors (Lipinski definition) is 3. The Balaban J connectivity index is 2.52. The van der Waals surface area contributed by atoms with E-state index in [1.165, 1.54) is 6.26 Å². The van der Waals surface area contributed by atoms with Crippen LogP contribution in [-0.4, -0.2) is 42.6 Å². The molecule has 84 valence electrons. The summed E-state index contributed by atoms with van der Waals surface area (Å²) in [5.74, 6) is 0. The summed E-state index contributed by atoms with van der Waals surface area (Å²) in [5, 5.41) is 1.07. The van der Waals surface area contributed by atoms with E-state index in [4.69, 9.17) is 0 Å². The monoisotopic (exact) mass is 237 g/mol. The van der Waals surface area contributed by atoms with Gasteiger partial charge < -0.3 is 0 Å². The van der Waals surface area contributed by atoms with E-state index in [-0.39, 0.29) is 0 Å². The van der Waals surface area contributed by atoms with Crippen LogP contribution in [0.15, 0.2) is 0 Å². The quantitative estimate of drug-likeness (QED) is 0.747. The summed E-state index contributed by atoms with van der Waals surface area (Å²) < 4.78 is 24.3. The molecule has 3 nitrogen and oxygen atoms in total. The Morgan fingerprint density at radius 2 is 2.07 bits per heavy atom. The third kappa shape index (κ3) is 3.79. The van der Waals surface area contributed by atoms with Gasteiger partial charge in [-0.1, -0.05) is 13.8 Å². The maximum Gasteiger partial charge on any atom is 0.211 e. The summed E-state index contributed by atoms with van der Waals surface area (Å²) in [7, 11) is -2.97. The second-order valence-electron chi connectivity index (χ2n) is 4.07. The molecule has 0 N–H and O–H groups in total. The predicted molar refractivity (Wildman–Crippen MR) is 62.2 cm³/mol. The molecule has 1 unspecified atom stereocenters. The van der Waals surface area contributed by atoms with Crippen LogP contribution in [0.3, 0.4) is 0 Å². The molecule has 1 atom stereocenters. The third-order valence-corrected chi connectivity index (χ3v) is 4.86. The van der Waals surface area contributed by atoms with Gasteiger partial charge in [-0.15, -0.1) is 0 Å². The third-order valence-electron chi connectivity index (χ3n) is 2.27. The Morgan fingerprint density at radius 3 is 2.57 bits per heavy atom. The van der Waals surface area contributed by atoms with E-state index >= 15 is 0 Å². The van der Waals surface area contributed by atoms with E-state index in [0.717, 1.165) is 12.8 Å². The summed E-state index contributed by atoms with van der Waals surface area (Å²) in [6.45, 7) is 5.71. The zero-order valence-electron chi connectivity index (χ0n) is 9.06. The van der Waals surface area contributed by atoms with Gasteiger partial charge in [0.1, 0.15) is 0 Å². The smallest absolute Gasteiger partial charge is 0.211 e. The van der Waals surface area contributed by atoms with Crippen molar-refractivity contribution in [3.8, 4) is 0 Å². The van der Waals surface area contributed by atoms with Gasteiger partial charge in [-0.05, 0) is 18.1 Å². The van der Waals surface area contributed by atoms with Crippen LogP contribution in [0.4, 0.5) is 0 Å². The number of thioether (sulfide) groups is 1. The van der Waals surface area contributed by atoms with Crippen LogP contribution in [0.5, 0.6) is 0 Å². The fraction of sp³-hybridized carbons (Fsp3) is 1.00. The van der Waals surface area contributed by atoms with Crippen LogP contribution < -0.4 is 0 Å². The first-order valence-electron chi connectivity index (χ1n) is 5.00. The number of nitrogens with zero attached hydrogens (tertiary/aromatic N) is 1. The minimum atomic E-state index is -2.97. The Bertz CT molecular complexity index is 275. The first-order chi connectivity index (χ1) is 6.39. The lowest BCUT2D eigenvalue weighted by atomic mass is 10.2. The highest BCUT2D eigenvalue weighted by Gasteiger charge is 2.26. The van der Waals surface area contributed by atoms with Crippen LogP contribution >= 0.6 is 11.8 Å². The highest BCUT2D eigenvalue weighted by atomic mass is 32.2. The topological polar surface area (TPSA) is 37.4 Å². The Labute approximate surface area is 91.3 Å². The van der Waals surface area contributed by atoms with E-state index in [2.05, 4.69) is 13.8 Å². The molecule has 1 saturated heterocycles. The van der Waals surface area contributed by atoms with Crippen molar-refractivity contribution >= 4 is 21.8 Å². The van der Waals surface area contributed by atoms with Crippen LogP contribution in [-0.2, 0) is 10.0 Å². The lowest BCUT2D eigenvalue weighted by Crippen LogP contribution is -2.40. The van der Waals surface area contributed by atoms with Crippen molar-refractivity contribution in [3.05, 3.63) is 0 Å². The van der Waals surface area contributed by atoms with Crippen molar-refractivity contribution in [1.82, 2.24) is 4.31 Å². The molecular formula is C9H19NO2S2. The van der Waals surface area contributed by atoms with E-state index in [9.17, 15) is 8.42 Å². The van der Waals surface area contributed by atoms with E-state index in [1.54, 1.807) is 4.31 Å². The Kier molecular flexibility index (Phi) is 4.28.